The number of nitrogens with zero attached hydrogens (tertiary/aromatic N) is 2. The zero-order valence-electron chi connectivity index (χ0n) is 13.1. The van der Waals surface area contributed by atoms with Crippen LogP contribution in [0.4, 0.5) is 0 Å². The molecular formula is C17H24N2O3. The number of rotatable bonds is 5. The fourth-order valence-electron chi connectivity index (χ4n) is 3.26. The van der Waals surface area contributed by atoms with Crippen LogP contribution >= 0.6 is 0 Å². The molecule has 22 heavy (non-hydrogen) atoms. The molecule has 5 nitrogen and oxygen atoms in total. The standard InChI is InChI=1S/C17H24N2O3/c1-22-14-4-2-13(3-5-14)15-12-16(15)17(21)19-8-6-18(7-9-19)10-11-20/h2-5,15-16,20H,6-12H2,1H3. The number of hydrogen-bond donors (Lipinski definition) is 1. The summed E-state index contributed by atoms with van der Waals surface area (Å²) in [6.45, 7) is 4.20. The number of piperazine rings is 1. The van der Waals surface area contributed by atoms with Crippen molar-refractivity contribution in [3.63, 3.8) is 0 Å². The number of aliphatic hydroxyl groups excluding tert-OH is 1. The first-order valence-electron chi connectivity index (χ1n) is 7.99. The van der Waals surface area contributed by atoms with Gasteiger partial charge in [0, 0.05) is 38.6 Å². The maximum atomic E-state index is 12.6. The molecular weight excluding hydrogens is 280 g/mol. The van der Waals surface area contributed by atoms with Crippen LogP contribution in [0, 0.1) is 5.92 Å². The van der Waals surface area contributed by atoms with Crippen molar-refractivity contribution < 1.29 is 14.6 Å². The maximum Gasteiger partial charge on any atom is 0.226 e. The van der Waals surface area contributed by atoms with Gasteiger partial charge in [-0.2, -0.15) is 0 Å². The Labute approximate surface area is 131 Å². The lowest BCUT2D eigenvalue weighted by Crippen LogP contribution is -2.49. The van der Waals surface area contributed by atoms with E-state index in [2.05, 4.69) is 17.0 Å². The fraction of sp³-hybridized carbons (Fsp3) is 0.588. The molecule has 0 radical (unpaired) electrons. The third-order valence-corrected chi connectivity index (χ3v) is 4.75. The molecule has 1 aliphatic carbocycles. The van der Waals surface area contributed by atoms with Gasteiger partial charge >= 0.3 is 0 Å². The molecule has 5 heteroatoms. The number of carbonyl (C=O) groups is 1. The normalized spacial score (nSPS) is 25.1. The topological polar surface area (TPSA) is 53.0 Å². The van der Waals surface area contributed by atoms with Crippen molar-refractivity contribution in [2.45, 2.75) is 12.3 Å². The average Bonchev–Trinajstić information content (AvgIpc) is 3.36. The van der Waals surface area contributed by atoms with Gasteiger partial charge in [0.05, 0.1) is 13.7 Å². The quantitative estimate of drug-likeness (QED) is 0.879. The summed E-state index contributed by atoms with van der Waals surface area (Å²) in [7, 11) is 1.66. The Kier molecular flexibility index (Phi) is 4.64. The van der Waals surface area contributed by atoms with E-state index >= 15 is 0 Å². The molecule has 1 aliphatic heterocycles. The smallest absolute Gasteiger partial charge is 0.226 e. The van der Waals surface area contributed by atoms with Gasteiger partial charge in [0.2, 0.25) is 5.91 Å². The van der Waals surface area contributed by atoms with Crippen LogP contribution in [-0.4, -0.2) is 67.3 Å². The number of benzene rings is 1. The van der Waals surface area contributed by atoms with Crippen LogP contribution in [0.5, 0.6) is 5.75 Å². The largest absolute Gasteiger partial charge is 0.497 e. The molecule has 0 bridgehead atoms. The monoisotopic (exact) mass is 304 g/mol. The number of β-amino-alcohol motifs (C(OH)–C–C–N with tert-alkyl or cyclic N) is 1. The Morgan fingerprint density at radius 2 is 1.91 bits per heavy atom. The van der Waals surface area contributed by atoms with E-state index in [-0.39, 0.29) is 12.5 Å². The highest BCUT2D eigenvalue weighted by atomic mass is 16.5. The number of amides is 1. The molecule has 1 aromatic rings. The number of methoxy groups -OCH3 is 1. The highest BCUT2D eigenvalue weighted by molar-refractivity contribution is 5.83. The molecule has 3 rings (SSSR count). The third kappa shape index (κ3) is 3.25. The van der Waals surface area contributed by atoms with Crippen molar-refractivity contribution in [2.24, 2.45) is 5.92 Å². The summed E-state index contributed by atoms with van der Waals surface area (Å²) in [6, 6.07) is 8.05. The van der Waals surface area contributed by atoms with Gasteiger partial charge in [-0.15, -0.1) is 0 Å². The predicted octanol–water partition coefficient (Wildman–Crippen LogP) is 0.935. The van der Waals surface area contributed by atoms with Crippen molar-refractivity contribution in [1.29, 1.82) is 0 Å². The van der Waals surface area contributed by atoms with Crippen LogP contribution in [0.15, 0.2) is 24.3 Å². The Bertz CT molecular complexity index is 509. The minimum atomic E-state index is 0.151. The van der Waals surface area contributed by atoms with Crippen LogP contribution in [-0.2, 0) is 4.79 Å². The summed E-state index contributed by atoms with van der Waals surface area (Å²) in [5.74, 6) is 1.67. The van der Waals surface area contributed by atoms with E-state index in [0.717, 1.165) is 38.3 Å². The fourth-order valence-corrected chi connectivity index (χ4v) is 3.26. The molecule has 2 fully saturated rings. The Balaban J connectivity index is 1.52. The molecule has 1 N–H and O–H groups in total. The minimum Gasteiger partial charge on any atom is -0.497 e. The third-order valence-electron chi connectivity index (χ3n) is 4.75. The van der Waals surface area contributed by atoms with Gasteiger partial charge in [-0.25, -0.2) is 0 Å². The second kappa shape index (κ2) is 6.67. The van der Waals surface area contributed by atoms with Crippen molar-refractivity contribution in [1.82, 2.24) is 9.80 Å². The zero-order chi connectivity index (χ0) is 15.5. The molecule has 1 aromatic carbocycles. The van der Waals surface area contributed by atoms with E-state index in [0.29, 0.717) is 18.4 Å². The first kappa shape index (κ1) is 15.3. The average molecular weight is 304 g/mol. The lowest BCUT2D eigenvalue weighted by atomic mass is 10.1. The van der Waals surface area contributed by atoms with E-state index in [1.54, 1.807) is 7.11 Å². The lowest BCUT2D eigenvalue weighted by Gasteiger charge is -2.34. The van der Waals surface area contributed by atoms with Gasteiger partial charge in [-0.1, -0.05) is 12.1 Å². The molecule has 1 saturated carbocycles. The van der Waals surface area contributed by atoms with Crippen LogP contribution in [0.25, 0.3) is 0 Å². The van der Waals surface area contributed by atoms with E-state index in [1.165, 1.54) is 5.56 Å². The van der Waals surface area contributed by atoms with Crippen LogP contribution < -0.4 is 4.74 Å². The van der Waals surface area contributed by atoms with Gasteiger partial charge in [0.25, 0.3) is 0 Å². The van der Waals surface area contributed by atoms with Gasteiger partial charge in [0.15, 0.2) is 0 Å². The van der Waals surface area contributed by atoms with Crippen molar-refractivity contribution in [3.05, 3.63) is 29.8 Å². The molecule has 1 heterocycles. The highest BCUT2D eigenvalue weighted by Gasteiger charge is 2.46. The van der Waals surface area contributed by atoms with Gasteiger partial charge in [-0.3, -0.25) is 9.69 Å². The minimum absolute atomic E-state index is 0.151. The lowest BCUT2D eigenvalue weighted by molar-refractivity contribution is -0.134. The summed E-state index contributed by atoms with van der Waals surface area (Å²) in [4.78, 5) is 16.8. The van der Waals surface area contributed by atoms with Crippen molar-refractivity contribution in [2.75, 3.05) is 46.4 Å². The summed E-state index contributed by atoms with van der Waals surface area (Å²) in [6.07, 6.45) is 0.960. The number of hydrogen-bond acceptors (Lipinski definition) is 4. The molecule has 1 saturated heterocycles. The number of aliphatic hydroxyl groups is 1. The Hall–Kier alpha value is -1.59. The highest BCUT2D eigenvalue weighted by Crippen LogP contribution is 2.48. The van der Waals surface area contributed by atoms with Crippen LogP contribution in [0.2, 0.25) is 0 Å². The second-order valence-corrected chi connectivity index (χ2v) is 6.11. The second-order valence-electron chi connectivity index (χ2n) is 6.11. The van der Waals surface area contributed by atoms with Crippen molar-refractivity contribution >= 4 is 5.91 Å². The number of ether oxygens (including phenoxy) is 1. The van der Waals surface area contributed by atoms with Gasteiger partial charge in [0.1, 0.15) is 5.75 Å². The van der Waals surface area contributed by atoms with E-state index in [4.69, 9.17) is 9.84 Å². The molecule has 2 atom stereocenters. The summed E-state index contributed by atoms with van der Waals surface area (Å²) < 4.78 is 5.17. The molecule has 0 aromatic heterocycles. The number of carbonyl (C=O) groups excluding carboxylic acids is 1. The van der Waals surface area contributed by atoms with Crippen LogP contribution in [0.1, 0.15) is 17.9 Å². The Morgan fingerprint density at radius 3 is 2.50 bits per heavy atom. The summed E-state index contributed by atoms with van der Waals surface area (Å²) in [5, 5.41) is 8.96. The molecule has 120 valence electrons. The molecule has 2 unspecified atom stereocenters. The molecule has 2 aliphatic rings. The van der Waals surface area contributed by atoms with E-state index in [9.17, 15) is 4.79 Å². The molecule has 1 amide bonds. The molecule has 0 spiro atoms. The van der Waals surface area contributed by atoms with E-state index in [1.807, 2.05) is 17.0 Å². The van der Waals surface area contributed by atoms with E-state index < -0.39 is 0 Å². The predicted molar refractivity (Wildman–Crippen MR) is 83.9 cm³/mol. The first-order valence-corrected chi connectivity index (χ1v) is 7.99. The zero-order valence-corrected chi connectivity index (χ0v) is 13.1. The summed E-state index contributed by atoms with van der Waals surface area (Å²) in [5.41, 5.74) is 1.23. The summed E-state index contributed by atoms with van der Waals surface area (Å²) >= 11 is 0. The first-order chi connectivity index (χ1) is 10.7. The van der Waals surface area contributed by atoms with Gasteiger partial charge < -0.3 is 14.7 Å². The van der Waals surface area contributed by atoms with Crippen LogP contribution in [0.3, 0.4) is 0 Å². The maximum absolute atomic E-state index is 12.6. The van der Waals surface area contributed by atoms with Crippen molar-refractivity contribution in [3.8, 4) is 5.75 Å². The van der Waals surface area contributed by atoms with Gasteiger partial charge in [-0.05, 0) is 30.0 Å². The SMILES string of the molecule is COc1ccc(C2CC2C(=O)N2CCN(CCO)CC2)cc1. The Morgan fingerprint density at radius 1 is 1.23 bits per heavy atom.